The van der Waals surface area contributed by atoms with Gasteiger partial charge in [-0.3, -0.25) is 9.69 Å². The zero-order valence-electron chi connectivity index (χ0n) is 21.6. The molecule has 2 saturated heterocycles. The van der Waals surface area contributed by atoms with Crippen LogP contribution in [0.4, 0.5) is 14.6 Å². The summed E-state index contributed by atoms with van der Waals surface area (Å²) in [4.78, 5) is 24.4. The molecule has 1 aromatic carbocycles. The van der Waals surface area contributed by atoms with Crippen LogP contribution in [-0.4, -0.2) is 78.1 Å². The third-order valence-electron chi connectivity index (χ3n) is 8.28. The van der Waals surface area contributed by atoms with Crippen LogP contribution in [0.2, 0.25) is 0 Å². The summed E-state index contributed by atoms with van der Waals surface area (Å²) in [5, 5.41) is 17.1. The third kappa shape index (κ3) is 4.68. The van der Waals surface area contributed by atoms with Gasteiger partial charge >= 0.3 is 0 Å². The second kappa shape index (κ2) is 10.4. The largest absolute Gasteiger partial charge is 0.370 e. The topological polar surface area (TPSA) is 97.4 Å². The fourth-order valence-electron chi connectivity index (χ4n) is 6.04. The number of hydrogen-bond acceptors (Lipinski definition) is 8. The molecule has 0 N–H and O–H groups in total. The summed E-state index contributed by atoms with van der Waals surface area (Å²) in [6.07, 6.45) is 7.08. The van der Waals surface area contributed by atoms with Gasteiger partial charge in [-0.25, -0.2) is 13.8 Å². The van der Waals surface area contributed by atoms with Crippen LogP contribution >= 0.6 is 0 Å². The number of ether oxygens (including phenoxy) is 1. The van der Waals surface area contributed by atoms with E-state index in [1.54, 1.807) is 18.6 Å². The van der Waals surface area contributed by atoms with Crippen molar-refractivity contribution in [1.29, 1.82) is 5.26 Å². The molecule has 202 valence electrons. The van der Waals surface area contributed by atoms with Crippen LogP contribution in [0.5, 0.6) is 0 Å². The van der Waals surface area contributed by atoms with Gasteiger partial charge in [0.05, 0.1) is 24.7 Å². The molecule has 1 aromatic heterocycles. The molecule has 9 nitrogen and oxygen atoms in total. The van der Waals surface area contributed by atoms with Gasteiger partial charge in [-0.15, -0.1) is 5.10 Å². The fourth-order valence-corrected chi connectivity index (χ4v) is 6.04. The van der Waals surface area contributed by atoms with Crippen LogP contribution in [0.15, 0.2) is 34.6 Å². The zero-order chi connectivity index (χ0) is 27.1. The molecule has 4 heterocycles. The molecule has 6 rings (SSSR count). The Hall–Kier alpha value is -3.75. The predicted molar refractivity (Wildman–Crippen MR) is 141 cm³/mol. The molecule has 0 radical (unpaired) electrons. The Morgan fingerprint density at radius 1 is 1.18 bits per heavy atom. The van der Waals surface area contributed by atoms with E-state index in [-0.39, 0.29) is 29.5 Å². The summed E-state index contributed by atoms with van der Waals surface area (Å²) < 4.78 is 34.5. The number of hydrogen-bond donors (Lipinski definition) is 0. The average Bonchev–Trinajstić information content (AvgIpc) is 3.25. The molecule has 1 unspecified atom stereocenters. The van der Waals surface area contributed by atoms with Crippen molar-refractivity contribution in [3.63, 3.8) is 0 Å². The van der Waals surface area contributed by atoms with Crippen LogP contribution < -0.4 is 4.90 Å². The van der Waals surface area contributed by atoms with Gasteiger partial charge in [-0.1, -0.05) is 6.07 Å². The number of aryl methyl sites for hydroxylation is 1. The second-order valence-electron chi connectivity index (χ2n) is 10.5. The number of rotatable bonds is 3. The van der Waals surface area contributed by atoms with Gasteiger partial charge < -0.3 is 14.5 Å². The molecule has 2 aromatic rings. The smallest absolute Gasteiger partial charge is 0.230 e. The molecule has 3 aliphatic heterocycles. The Kier molecular flexibility index (Phi) is 6.83. The van der Waals surface area contributed by atoms with Gasteiger partial charge in [0, 0.05) is 56.6 Å². The maximum atomic E-state index is 14.7. The van der Waals surface area contributed by atoms with Gasteiger partial charge in [0.15, 0.2) is 0 Å². The third-order valence-corrected chi connectivity index (χ3v) is 8.28. The van der Waals surface area contributed by atoms with E-state index < -0.39 is 23.3 Å². The maximum absolute atomic E-state index is 14.7. The summed E-state index contributed by atoms with van der Waals surface area (Å²) in [6, 6.07) is 6.29. The minimum absolute atomic E-state index is 0.00898. The number of carbonyl (C=O) groups excluding carboxylic acids is 1. The van der Waals surface area contributed by atoms with Crippen molar-refractivity contribution in [2.45, 2.75) is 50.3 Å². The van der Waals surface area contributed by atoms with Crippen molar-refractivity contribution >= 4 is 24.3 Å². The van der Waals surface area contributed by atoms with E-state index in [0.717, 1.165) is 42.3 Å². The number of piperazine rings is 1. The highest BCUT2D eigenvalue weighted by molar-refractivity contribution is 5.86. The summed E-state index contributed by atoms with van der Waals surface area (Å²) in [5.41, 5.74) is 1.73. The van der Waals surface area contributed by atoms with Gasteiger partial charge in [0.2, 0.25) is 5.91 Å². The molecular weight excluding hydrogens is 504 g/mol. The molecule has 0 bridgehead atoms. The number of carbonyl (C=O) groups is 1. The molecule has 11 heteroatoms. The van der Waals surface area contributed by atoms with Gasteiger partial charge in [0.1, 0.15) is 35.4 Å². The zero-order valence-corrected chi connectivity index (χ0v) is 21.6. The highest BCUT2D eigenvalue weighted by Gasteiger charge is 2.40. The summed E-state index contributed by atoms with van der Waals surface area (Å²) in [7, 11) is 0. The normalized spacial score (nSPS) is 26.6. The van der Waals surface area contributed by atoms with E-state index in [1.165, 1.54) is 6.07 Å². The molecule has 0 saturated carbocycles. The first kappa shape index (κ1) is 25.5. The first-order chi connectivity index (χ1) is 18.9. The van der Waals surface area contributed by atoms with Crippen molar-refractivity contribution in [2.75, 3.05) is 37.7 Å². The van der Waals surface area contributed by atoms with Gasteiger partial charge in [-0.2, -0.15) is 10.4 Å². The van der Waals surface area contributed by atoms with Crippen LogP contribution in [0, 0.1) is 23.0 Å². The van der Waals surface area contributed by atoms with Crippen LogP contribution in [0.1, 0.15) is 54.0 Å². The summed E-state index contributed by atoms with van der Waals surface area (Å²) >= 11 is 0. The molecular formula is C28H29F2N7O2. The monoisotopic (exact) mass is 533 g/mol. The van der Waals surface area contributed by atoms with Gasteiger partial charge in [-0.05, 0) is 43.0 Å². The second-order valence-corrected chi connectivity index (χ2v) is 10.5. The van der Waals surface area contributed by atoms with Crippen molar-refractivity contribution in [3.8, 4) is 6.07 Å². The number of nitriles is 1. The highest BCUT2D eigenvalue weighted by Crippen LogP contribution is 2.37. The molecule has 2 fully saturated rings. The number of amides is 1. The molecule has 1 amide bonds. The first-order valence-corrected chi connectivity index (χ1v) is 13.3. The van der Waals surface area contributed by atoms with E-state index in [0.29, 0.717) is 32.8 Å². The number of anilines is 1. The van der Waals surface area contributed by atoms with Crippen molar-refractivity contribution in [3.05, 3.63) is 58.3 Å². The van der Waals surface area contributed by atoms with Crippen molar-refractivity contribution in [2.24, 2.45) is 10.2 Å². The quantitative estimate of drug-likeness (QED) is 0.601. The minimum atomic E-state index is -0.876. The summed E-state index contributed by atoms with van der Waals surface area (Å²) in [5.74, 6) is -1.05. The van der Waals surface area contributed by atoms with Crippen LogP contribution in [0.3, 0.4) is 0 Å². The van der Waals surface area contributed by atoms with E-state index in [4.69, 9.17) is 10.00 Å². The number of benzene rings is 1. The van der Waals surface area contributed by atoms with Crippen molar-refractivity contribution in [1.82, 2.24) is 14.8 Å². The predicted octanol–water partition coefficient (Wildman–Crippen LogP) is 3.16. The number of pyridine rings is 1. The van der Waals surface area contributed by atoms with Crippen LogP contribution in [0.25, 0.3) is 0 Å². The number of halogens is 2. The molecule has 1 aliphatic carbocycles. The Bertz CT molecular complexity index is 1390. The molecule has 4 aliphatic rings. The standard InChI is InChI=1S/C28H29F2N7O2/c1-17-6-7-33-34-16-37(17)26-10-18-2-3-20(23(18)12-32-26)28(38)36-9-8-35-14-25(39-15-19(35)13-36)21-4-5-24(29)22(11-31)27(21)30/h4-5,7,10,12,16-17,19-20,25H,2-3,6,8-9,13-15H2,1H3/t17-,19-,20?,25-/m1/s1. The fraction of sp³-hybridized carbons (Fsp3) is 0.464. The molecule has 0 spiro atoms. The number of aromatic nitrogens is 1. The van der Waals surface area contributed by atoms with Gasteiger partial charge in [0.25, 0.3) is 0 Å². The Morgan fingerprint density at radius 2 is 2.05 bits per heavy atom. The Morgan fingerprint density at radius 3 is 2.90 bits per heavy atom. The lowest BCUT2D eigenvalue weighted by molar-refractivity contribution is -0.141. The maximum Gasteiger partial charge on any atom is 0.230 e. The number of morpholine rings is 1. The number of fused-ring (bicyclic) bond motifs is 2. The van der Waals surface area contributed by atoms with E-state index in [9.17, 15) is 13.6 Å². The SMILES string of the molecule is C[C@@H]1CC=NN=CN1c1cc2c(cn1)C(C(=O)N1CCN3C[C@H](c4ccc(F)c(C#N)c4F)OC[C@H]3C1)CC2. The van der Waals surface area contributed by atoms with E-state index in [2.05, 4.69) is 33.1 Å². The Balaban J connectivity index is 1.11. The van der Waals surface area contributed by atoms with E-state index in [1.807, 2.05) is 16.0 Å². The Labute approximate surface area is 225 Å². The lowest BCUT2D eigenvalue weighted by Crippen LogP contribution is -2.60. The molecule has 39 heavy (non-hydrogen) atoms. The minimum Gasteiger partial charge on any atom is -0.370 e. The lowest BCUT2D eigenvalue weighted by atomic mass is 9.98. The lowest BCUT2D eigenvalue weighted by Gasteiger charge is -2.46. The average molecular weight is 534 g/mol. The number of nitrogens with zero attached hydrogens (tertiary/aromatic N) is 7. The van der Waals surface area contributed by atoms with Crippen LogP contribution in [-0.2, 0) is 16.0 Å². The summed E-state index contributed by atoms with van der Waals surface area (Å²) in [6.45, 7) is 4.56. The van der Waals surface area contributed by atoms with E-state index >= 15 is 0 Å². The van der Waals surface area contributed by atoms with Crippen molar-refractivity contribution < 1.29 is 18.3 Å². The highest BCUT2D eigenvalue weighted by atomic mass is 19.1. The molecule has 4 atom stereocenters. The first-order valence-electron chi connectivity index (χ1n) is 13.3.